The number of aliphatic hydroxyl groups excluding tert-OH is 2. The van der Waals surface area contributed by atoms with Crippen LogP contribution < -0.4 is 5.32 Å². The molecule has 0 spiro atoms. The number of aliphatic hydroxyl groups is 2. The highest BCUT2D eigenvalue weighted by Crippen LogP contribution is 2.19. The average Bonchev–Trinajstić information content (AvgIpc) is 3.42. The number of rotatable bonds is 66. The third-order valence-corrected chi connectivity index (χ3v) is 16.6. The molecule has 3 N–H and O–H groups in total. The molecule has 0 fully saturated rings. The first-order valence-electron chi connectivity index (χ1n) is 34.9. The quantitative estimate of drug-likeness (QED) is 0.0320. The van der Waals surface area contributed by atoms with Crippen molar-refractivity contribution in [3.8, 4) is 0 Å². The number of nitrogens with one attached hydrogen (secondary N) is 1. The Bertz CT molecular complexity index is 1140. The predicted molar refractivity (Wildman–Crippen MR) is 333 cm³/mol. The predicted octanol–water partition coefficient (Wildman–Crippen LogP) is 22.4. The summed E-state index contributed by atoms with van der Waals surface area (Å²) >= 11 is 0. The number of carbonyl (C=O) groups excluding carboxylic acids is 2. The van der Waals surface area contributed by atoms with Crippen molar-refractivity contribution >= 4 is 11.9 Å². The van der Waals surface area contributed by atoms with Crippen LogP contribution >= 0.6 is 0 Å². The van der Waals surface area contributed by atoms with E-state index in [1.165, 1.54) is 321 Å². The average molecular weight is 1070 g/mol. The molecule has 0 saturated carbocycles. The van der Waals surface area contributed by atoms with E-state index in [4.69, 9.17) is 4.74 Å². The molecule has 0 radical (unpaired) electrons. The van der Waals surface area contributed by atoms with Gasteiger partial charge in [-0.3, -0.25) is 9.59 Å². The minimum atomic E-state index is -0.660. The molecule has 452 valence electrons. The molecular weight excluding hydrogens is 935 g/mol. The van der Waals surface area contributed by atoms with E-state index in [-0.39, 0.29) is 18.5 Å². The van der Waals surface area contributed by atoms with Gasteiger partial charge in [-0.15, -0.1) is 0 Å². The second-order valence-electron chi connectivity index (χ2n) is 24.2. The Balaban J connectivity index is 3.32. The van der Waals surface area contributed by atoms with Crippen LogP contribution in [0.3, 0.4) is 0 Å². The van der Waals surface area contributed by atoms with Gasteiger partial charge in [0.2, 0.25) is 5.91 Å². The number of allylic oxidation sites excluding steroid dienone is 2. The van der Waals surface area contributed by atoms with E-state index in [2.05, 4.69) is 31.3 Å². The van der Waals surface area contributed by atoms with Crippen molar-refractivity contribution in [1.82, 2.24) is 5.32 Å². The van der Waals surface area contributed by atoms with Gasteiger partial charge in [-0.2, -0.15) is 0 Å². The number of hydrogen-bond acceptors (Lipinski definition) is 5. The van der Waals surface area contributed by atoms with Gasteiger partial charge in [0.05, 0.1) is 25.4 Å². The first-order chi connectivity index (χ1) is 37.5. The van der Waals surface area contributed by atoms with Crippen LogP contribution in [0.1, 0.15) is 399 Å². The van der Waals surface area contributed by atoms with E-state index < -0.39 is 12.1 Å². The van der Waals surface area contributed by atoms with Gasteiger partial charge in [0.25, 0.3) is 0 Å². The Kier molecular flexibility index (Phi) is 64.9. The summed E-state index contributed by atoms with van der Waals surface area (Å²) in [5.74, 6) is -0.0158. The first kappa shape index (κ1) is 74.6. The largest absolute Gasteiger partial charge is 0.466 e. The van der Waals surface area contributed by atoms with Crippen LogP contribution in [-0.4, -0.2) is 47.4 Å². The first-order valence-corrected chi connectivity index (χ1v) is 34.9. The van der Waals surface area contributed by atoms with Crippen molar-refractivity contribution in [1.29, 1.82) is 0 Å². The van der Waals surface area contributed by atoms with E-state index in [0.717, 1.165) is 44.9 Å². The van der Waals surface area contributed by atoms with Crippen LogP contribution in [0.5, 0.6) is 0 Å². The molecule has 2 atom stereocenters. The summed E-state index contributed by atoms with van der Waals surface area (Å²) in [4.78, 5) is 24.5. The molecule has 76 heavy (non-hydrogen) atoms. The second-order valence-corrected chi connectivity index (χ2v) is 24.2. The molecule has 6 heteroatoms. The Labute approximate surface area is 476 Å². The molecule has 6 nitrogen and oxygen atoms in total. The number of amides is 1. The Hall–Kier alpha value is -1.40. The molecule has 0 aromatic rings. The van der Waals surface area contributed by atoms with Crippen molar-refractivity contribution < 1.29 is 24.5 Å². The maximum atomic E-state index is 12.5. The summed E-state index contributed by atoms with van der Waals surface area (Å²) < 4.78 is 5.48. The molecular formula is C70H137NO5. The maximum Gasteiger partial charge on any atom is 0.305 e. The standard InChI is InChI=1S/C70H137NO5/c1-3-5-7-9-11-13-15-17-18-36-39-42-46-50-54-58-62-68(73)67(66-72)71-69(74)63-59-55-51-47-43-40-37-34-32-30-28-26-24-22-20-19-21-23-25-27-29-31-33-35-38-41-45-49-53-57-61-65-76-70(75)64-60-56-52-48-44-16-14-12-10-8-6-4-2/h12,14,67-68,72-73H,3-11,13,15-66H2,1-2H3,(H,71,74)/b14-12-. The highest BCUT2D eigenvalue weighted by molar-refractivity contribution is 5.76. The Morgan fingerprint density at radius 3 is 0.961 bits per heavy atom. The van der Waals surface area contributed by atoms with Crippen molar-refractivity contribution in [3.63, 3.8) is 0 Å². The van der Waals surface area contributed by atoms with E-state index in [9.17, 15) is 19.8 Å². The molecule has 0 bridgehead atoms. The third-order valence-electron chi connectivity index (χ3n) is 16.6. The normalized spacial score (nSPS) is 12.5. The van der Waals surface area contributed by atoms with Gasteiger partial charge in [-0.25, -0.2) is 0 Å². The van der Waals surface area contributed by atoms with Gasteiger partial charge >= 0.3 is 5.97 Å². The summed E-state index contributed by atoms with van der Waals surface area (Å²) in [5, 5.41) is 23.4. The van der Waals surface area contributed by atoms with Crippen LogP contribution in [0, 0.1) is 0 Å². The number of esters is 1. The molecule has 2 unspecified atom stereocenters. The lowest BCUT2D eigenvalue weighted by atomic mass is 10.0. The fourth-order valence-electron chi connectivity index (χ4n) is 11.2. The molecule has 1 amide bonds. The second kappa shape index (κ2) is 66.1. The van der Waals surface area contributed by atoms with Crippen LogP contribution in [-0.2, 0) is 14.3 Å². The minimum Gasteiger partial charge on any atom is -0.466 e. The van der Waals surface area contributed by atoms with Gasteiger partial charge < -0.3 is 20.3 Å². The van der Waals surface area contributed by atoms with E-state index >= 15 is 0 Å². The molecule has 0 aliphatic rings. The summed E-state index contributed by atoms with van der Waals surface area (Å²) in [5.41, 5.74) is 0. The van der Waals surface area contributed by atoms with E-state index in [0.29, 0.717) is 25.9 Å². The van der Waals surface area contributed by atoms with Crippen LogP contribution in [0.4, 0.5) is 0 Å². The highest BCUT2D eigenvalue weighted by atomic mass is 16.5. The van der Waals surface area contributed by atoms with Crippen LogP contribution in [0.25, 0.3) is 0 Å². The molecule has 0 heterocycles. The lowest BCUT2D eigenvalue weighted by Crippen LogP contribution is -2.45. The molecule has 0 aromatic heterocycles. The SMILES string of the molecule is CCCCC/C=C\CCCCCCCC(=O)OCCCCCCCCCCCCCCCCCCCCCCCCCCCCCCCCCC(=O)NC(CO)C(O)CCCCCCCCCCCCCCCCCC. The van der Waals surface area contributed by atoms with Crippen molar-refractivity contribution in [2.24, 2.45) is 0 Å². The number of hydrogen-bond donors (Lipinski definition) is 3. The Morgan fingerprint density at radius 2 is 0.618 bits per heavy atom. The third kappa shape index (κ3) is 61.8. The van der Waals surface area contributed by atoms with Crippen molar-refractivity contribution in [2.45, 2.75) is 411 Å². The van der Waals surface area contributed by atoms with Gasteiger partial charge in [0.1, 0.15) is 0 Å². The Morgan fingerprint density at radius 1 is 0.355 bits per heavy atom. The smallest absolute Gasteiger partial charge is 0.305 e. The fraction of sp³-hybridized carbons (Fsp3) is 0.943. The minimum absolute atomic E-state index is 0.0113. The van der Waals surface area contributed by atoms with E-state index in [1.54, 1.807) is 0 Å². The summed E-state index contributed by atoms with van der Waals surface area (Å²) in [6.45, 7) is 4.97. The van der Waals surface area contributed by atoms with Crippen LogP contribution in [0.2, 0.25) is 0 Å². The van der Waals surface area contributed by atoms with Gasteiger partial charge in [0, 0.05) is 12.8 Å². The van der Waals surface area contributed by atoms with Crippen LogP contribution in [0.15, 0.2) is 12.2 Å². The van der Waals surface area contributed by atoms with Crippen molar-refractivity contribution in [3.05, 3.63) is 12.2 Å². The maximum absolute atomic E-state index is 12.5. The zero-order valence-electron chi connectivity index (χ0n) is 51.8. The number of ether oxygens (including phenoxy) is 1. The summed E-state index contributed by atoms with van der Waals surface area (Å²) in [6.07, 6.45) is 81.2. The lowest BCUT2D eigenvalue weighted by molar-refractivity contribution is -0.143. The lowest BCUT2D eigenvalue weighted by Gasteiger charge is -2.22. The molecule has 0 aliphatic carbocycles. The van der Waals surface area contributed by atoms with Gasteiger partial charge in [-0.05, 0) is 51.4 Å². The number of carbonyl (C=O) groups is 2. The zero-order chi connectivity index (χ0) is 55.0. The van der Waals surface area contributed by atoms with Crippen molar-refractivity contribution in [2.75, 3.05) is 13.2 Å². The van der Waals surface area contributed by atoms with Gasteiger partial charge in [0.15, 0.2) is 0 Å². The number of unbranched alkanes of at least 4 members (excludes halogenated alkanes) is 53. The zero-order valence-corrected chi connectivity index (χ0v) is 51.8. The fourth-order valence-corrected chi connectivity index (χ4v) is 11.2. The molecule has 0 rings (SSSR count). The molecule has 0 aromatic carbocycles. The molecule has 0 saturated heterocycles. The molecule has 0 aliphatic heterocycles. The topological polar surface area (TPSA) is 95.9 Å². The summed E-state index contributed by atoms with van der Waals surface area (Å²) in [6, 6.07) is -0.537. The van der Waals surface area contributed by atoms with E-state index in [1.807, 2.05) is 0 Å². The van der Waals surface area contributed by atoms with Gasteiger partial charge in [-0.1, -0.05) is 347 Å². The highest BCUT2D eigenvalue weighted by Gasteiger charge is 2.20. The monoisotopic (exact) mass is 1070 g/mol. The summed E-state index contributed by atoms with van der Waals surface area (Å²) in [7, 11) is 0.